The molecule has 0 N–H and O–H groups in total. The molecule has 3 nitrogen and oxygen atoms in total. The third kappa shape index (κ3) is 4.30. The quantitative estimate of drug-likeness (QED) is 0.535. The van der Waals surface area contributed by atoms with Crippen molar-refractivity contribution in [2.24, 2.45) is 0 Å². The Bertz CT molecular complexity index is 112. The highest BCUT2D eigenvalue weighted by molar-refractivity contribution is 6.68. The van der Waals surface area contributed by atoms with Gasteiger partial charge in [0.2, 0.25) is 0 Å². The van der Waals surface area contributed by atoms with E-state index in [2.05, 4.69) is 17.4 Å². The Balaban J connectivity index is 2.34. The summed E-state index contributed by atoms with van der Waals surface area (Å²) >= 11 is -3.27. The van der Waals surface area contributed by atoms with E-state index in [4.69, 9.17) is 10.4 Å². The second-order valence-corrected chi connectivity index (χ2v) is 10.2. The van der Waals surface area contributed by atoms with Gasteiger partial charge in [0.25, 0.3) is 0 Å². The van der Waals surface area contributed by atoms with Crippen molar-refractivity contribution in [3.05, 3.63) is 0 Å². The van der Waals surface area contributed by atoms with Crippen LogP contribution >= 0.6 is 0 Å². The first-order valence-electron chi connectivity index (χ1n) is 4.07. The van der Waals surface area contributed by atoms with Crippen LogP contribution in [0.4, 0.5) is 0 Å². The van der Waals surface area contributed by atoms with Crippen LogP contribution in [0.5, 0.6) is 0 Å². The van der Waals surface area contributed by atoms with Crippen molar-refractivity contribution in [1.82, 2.24) is 0 Å². The zero-order valence-electron chi connectivity index (χ0n) is 7.37. The van der Waals surface area contributed by atoms with Gasteiger partial charge < -0.3 is 10.4 Å². The van der Waals surface area contributed by atoms with Crippen LogP contribution in [0.25, 0.3) is 0 Å². The Hall–Kier alpha value is 1.48. The highest BCUT2D eigenvalue weighted by Crippen LogP contribution is 2.01. The van der Waals surface area contributed by atoms with Crippen molar-refractivity contribution in [1.29, 1.82) is 0 Å². The molecule has 60 valence electrons. The van der Waals surface area contributed by atoms with Crippen LogP contribution in [0.2, 0.25) is 17.4 Å². The van der Waals surface area contributed by atoms with Crippen LogP contribution in [0.1, 0.15) is 0 Å². The van der Waals surface area contributed by atoms with E-state index < -0.39 is 43.8 Å². The minimum absolute atomic E-state index is 0.873. The van der Waals surface area contributed by atoms with Crippen molar-refractivity contribution in [2.75, 3.05) is 10.9 Å². The van der Waals surface area contributed by atoms with Gasteiger partial charge in [-0.15, -0.1) is 0 Å². The molecule has 1 rings (SSSR count). The van der Waals surface area contributed by atoms with Gasteiger partial charge in [-0.05, 0) is 0 Å². The Morgan fingerprint density at radius 3 is 1.82 bits per heavy atom. The van der Waals surface area contributed by atoms with Gasteiger partial charge in [0.15, 0.2) is 0 Å². The summed E-state index contributed by atoms with van der Waals surface area (Å²) in [4.78, 5) is 0. The van der Waals surface area contributed by atoms with E-state index >= 15 is 0 Å². The highest BCUT2D eigenvalue weighted by atomic mass is 27.3. The maximum Gasteiger partial charge on any atom is 0.609 e. The van der Waals surface area contributed by atoms with Crippen molar-refractivity contribution in [3.63, 3.8) is 0 Å². The van der Waals surface area contributed by atoms with E-state index in [0.29, 0.717) is 0 Å². The van der Waals surface area contributed by atoms with Crippen LogP contribution in [0.15, 0.2) is 0 Å². The summed E-state index contributed by atoms with van der Waals surface area (Å²) in [6.45, 7) is 0. The predicted octanol–water partition coefficient (Wildman–Crippen LogP) is 0.489. The first-order chi connectivity index (χ1) is 5.18. The standard InChI is InChI=1S/C2H4O.3CH3.3Al.2O/c1-3-2;;;;;;;;/h1-2H2;3*1H3;;;;;. The average Bonchev–Trinajstić information content (AvgIpc) is 1.83. The highest BCUT2D eigenvalue weighted by Gasteiger charge is 2.30. The Labute approximate surface area is 82.1 Å². The van der Waals surface area contributed by atoms with Crippen LogP contribution in [-0.4, -0.2) is 54.7 Å². The number of hydrogen-bond acceptors (Lipinski definition) is 3. The molecule has 0 saturated carbocycles. The monoisotopic (exact) mass is 202 g/mol. The molecule has 1 aliphatic rings. The third-order valence-electron chi connectivity index (χ3n) is 1.55. The summed E-state index contributed by atoms with van der Waals surface area (Å²) in [5.41, 5.74) is 1.75. The van der Waals surface area contributed by atoms with Gasteiger partial charge in [-0.25, -0.2) is 0 Å². The molecule has 0 aromatic carbocycles. The predicted molar refractivity (Wildman–Crippen MR) is 47.8 cm³/mol. The van der Waals surface area contributed by atoms with E-state index in [9.17, 15) is 0 Å². The molecule has 0 amide bonds. The number of hydrogen-bond donors (Lipinski definition) is 0. The lowest BCUT2D eigenvalue weighted by atomic mass is 11.5. The molecule has 0 aromatic heterocycles. The molecule has 0 spiro atoms. The summed E-state index contributed by atoms with van der Waals surface area (Å²) < 4.78 is 16.9. The fourth-order valence-corrected chi connectivity index (χ4v) is 9.07. The van der Waals surface area contributed by atoms with Gasteiger partial charge in [-0.2, -0.15) is 0 Å². The van der Waals surface area contributed by atoms with Crippen molar-refractivity contribution in [3.8, 4) is 0 Å². The molecular weight excluding hydrogens is 189 g/mol. The second-order valence-electron chi connectivity index (χ2n) is 3.00. The zero-order chi connectivity index (χ0) is 8.27. The van der Waals surface area contributed by atoms with E-state index in [-0.39, 0.29) is 0 Å². The van der Waals surface area contributed by atoms with E-state index in [1.807, 2.05) is 0 Å². The molecule has 0 aliphatic carbocycles. The molecule has 0 atom stereocenters. The van der Waals surface area contributed by atoms with Gasteiger partial charge in [-0.3, -0.25) is 0 Å². The molecular formula is C5H13Al3O3. The van der Waals surface area contributed by atoms with Gasteiger partial charge >= 0.3 is 43.8 Å². The molecule has 1 heterocycles. The lowest BCUT2D eigenvalue weighted by molar-refractivity contribution is 0.194. The fourth-order valence-electron chi connectivity index (χ4n) is 1.16. The smallest absolute Gasteiger partial charge is 0.609 e. The Morgan fingerprint density at radius 1 is 0.909 bits per heavy atom. The fraction of sp³-hybridized carbons (Fsp3) is 1.00. The normalized spacial score (nSPS) is 21.5. The Kier molecular flexibility index (Phi) is 5.05. The molecule has 0 bridgehead atoms. The summed E-state index contributed by atoms with van der Waals surface area (Å²) in [5, 5.41) is 0. The minimum Gasteiger partial charge on any atom is -0.614 e. The minimum atomic E-state index is -1.24. The summed E-state index contributed by atoms with van der Waals surface area (Å²) in [5.74, 6) is 6.47. The van der Waals surface area contributed by atoms with Gasteiger partial charge in [0.1, 0.15) is 0 Å². The molecule has 0 aromatic rings. The van der Waals surface area contributed by atoms with E-state index in [1.54, 1.807) is 0 Å². The molecule has 0 radical (unpaired) electrons. The zero-order valence-corrected chi connectivity index (χ0v) is 10.8. The average molecular weight is 202 g/mol. The maximum absolute atomic E-state index is 5.73. The van der Waals surface area contributed by atoms with Crippen molar-refractivity contribution in [2.45, 2.75) is 17.4 Å². The van der Waals surface area contributed by atoms with Crippen LogP contribution in [-0.2, 0) is 10.4 Å². The molecule has 1 aliphatic heterocycles. The molecule has 1 saturated heterocycles. The third-order valence-corrected chi connectivity index (χ3v) is 9.75. The van der Waals surface area contributed by atoms with Crippen LogP contribution in [0.3, 0.4) is 0 Å². The molecule has 6 heteroatoms. The van der Waals surface area contributed by atoms with Crippen LogP contribution in [0, 0.1) is 0 Å². The molecule has 1 fully saturated rings. The summed E-state index contributed by atoms with van der Waals surface area (Å²) in [6, 6.07) is 0. The number of rotatable bonds is 0. The van der Waals surface area contributed by atoms with E-state index in [0.717, 1.165) is 10.9 Å². The summed E-state index contributed by atoms with van der Waals surface area (Å²) in [6.07, 6.45) is 0. The van der Waals surface area contributed by atoms with Gasteiger partial charge in [-0.1, -0.05) is 17.4 Å². The Morgan fingerprint density at radius 2 is 1.36 bits per heavy atom. The second kappa shape index (κ2) is 5.26. The first kappa shape index (κ1) is 10.6. The topological polar surface area (TPSA) is 27.7 Å². The van der Waals surface area contributed by atoms with Crippen molar-refractivity contribution < 1.29 is 10.4 Å². The maximum atomic E-state index is 5.73. The first-order valence-corrected chi connectivity index (χ1v) is 11.1. The van der Waals surface area contributed by atoms with Gasteiger partial charge in [0, 0.05) is 10.9 Å². The summed E-state index contributed by atoms with van der Waals surface area (Å²) in [7, 11) is 0. The largest absolute Gasteiger partial charge is 0.614 e. The van der Waals surface area contributed by atoms with E-state index in [1.165, 1.54) is 0 Å². The molecule has 11 heavy (non-hydrogen) atoms. The lowest BCUT2D eigenvalue weighted by Crippen LogP contribution is -2.40. The SMILES string of the molecule is [CH3][Al]1[CH2]O[CH2][Al]([CH3])[O][Al]([CH3])[O]1. The van der Waals surface area contributed by atoms with Crippen molar-refractivity contribution >= 4 is 43.8 Å². The van der Waals surface area contributed by atoms with Crippen LogP contribution < -0.4 is 0 Å². The lowest BCUT2D eigenvalue weighted by Gasteiger charge is -2.21. The number of ether oxygens (including phenoxy) is 1. The molecule has 0 unspecified atom stereocenters. The van der Waals surface area contributed by atoms with Gasteiger partial charge in [0.05, 0.1) is 0 Å².